The zero-order valence-corrected chi connectivity index (χ0v) is 14.5. The molecule has 0 saturated heterocycles. The molecular formula is C15H24O8S. The summed E-state index contributed by atoms with van der Waals surface area (Å²) in [4.78, 5) is -0.208. The van der Waals surface area contributed by atoms with Crippen molar-refractivity contribution in [3.05, 3.63) is 23.8 Å². The van der Waals surface area contributed by atoms with Gasteiger partial charge in [0.15, 0.2) is 0 Å². The summed E-state index contributed by atoms with van der Waals surface area (Å²) in [6, 6.07) is 4.15. The summed E-state index contributed by atoms with van der Waals surface area (Å²) in [5.41, 5.74) is 0.758. The number of hydrogen-bond acceptors (Lipinski definition) is 7. The maximum Gasteiger partial charge on any atom is 0.294 e. The highest BCUT2D eigenvalue weighted by molar-refractivity contribution is 7.85. The lowest BCUT2D eigenvalue weighted by Gasteiger charge is -2.11. The van der Waals surface area contributed by atoms with Gasteiger partial charge in [0.2, 0.25) is 0 Å². The van der Waals surface area contributed by atoms with E-state index in [4.69, 9.17) is 28.6 Å². The molecule has 0 unspecified atom stereocenters. The second kappa shape index (κ2) is 11.3. The first kappa shape index (κ1) is 20.8. The molecule has 0 heterocycles. The minimum Gasteiger partial charge on any atom is -0.491 e. The van der Waals surface area contributed by atoms with Gasteiger partial charge in [-0.2, -0.15) is 8.42 Å². The molecule has 138 valence electrons. The first-order valence-electron chi connectivity index (χ1n) is 7.50. The zero-order chi connectivity index (χ0) is 17.8. The molecule has 8 nitrogen and oxygen atoms in total. The van der Waals surface area contributed by atoms with Crippen molar-refractivity contribution in [3.8, 4) is 5.75 Å². The molecule has 2 N–H and O–H groups in total. The van der Waals surface area contributed by atoms with Crippen LogP contribution in [0.3, 0.4) is 0 Å². The fourth-order valence-corrected chi connectivity index (χ4v) is 2.21. The van der Waals surface area contributed by atoms with E-state index < -0.39 is 10.1 Å². The van der Waals surface area contributed by atoms with E-state index in [1.807, 2.05) is 0 Å². The third-order valence-electron chi connectivity index (χ3n) is 2.92. The van der Waals surface area contributed by atoms with E-state index in [9.17, 15) is 8.42 Å². The fourth-order valence-electron chi connectivity index (χ4n) is 1.71. The van der Waals surface area contributed by atoms with Crippen LogP contribution in [0, 0.1) is 6.92 Å². The zero-order valence-electron chi connectivity index (χ0n) is 13.6. The van der Waals surface area contributed by atoms with Gasteiger partial charge in [-0.15, -0.1) is 0 Å². The van der Waals surface area contributed by atoms with Crippen LogP contribution in [0.1, 0.15) is 5.56 Å². The van der Waals surface area contributed by atoms with E-state index >= 15 is 0 Å². The molecule has 0 aliphatic carbocycles. The number of benzene rings is 1. The second-order valence-corrected chi connectivity index (χ2v) is 6.23. The molecule has 0 amide bonds. The van der Waals surface area contributed by atoms with E-state index in [2.05, 4.69) is 0 Å². The maximum absolute atomic E-state index is 11.1. The number of aryl methyl sites for hydroxylation is 1. The van der Waals surface area contributed by atoms with Gasteiger partial charge < -0.3 is 24.1 Å². The van der Waals surface area contributed by atoms with Gasteiger partial charge in [-0.05, 0) is 18.6 Å². The topological polar surface area (TPSA) is 112 Å². The van der Waals surface area contributed by atoms with E-state index in [1.165, 1.54) is 12.1 Å². The molecule has 0 saturated carbocycles. The van der Waals surface area contributed by atoms with E-state index in [-0.39, 0.29) is 18.1 Å². The third-order valence-corrected chi connectivity index (χ3v) is 3.77. The number of aliphatic hydroxyl groups is 1. The van der Waals surface area contributed by atoms with Crippen molar-refractivity contribution in [2.24, 2.45) is 0 Å². The summed E-state index contributed by atoms with van der Waals surface area (Å²) >= 11 is 0. The average Bonchev–Trinajstić information content (AvgIpc) is 2.53. The normalized spacial score (nSPS) is 11.6. The molecule has 0 bridgehead atoms. The van der Waals surface area contributed by atoms with Crippen LogP contribution in [-0.2, 0) is 24.3 Å². The molecule has 0 aromatic heterocycles. The summed E-state index contributed by atoms with van der Waals surface area (Å²) in [5, 5.41) is 8.50. The van der Waals surface area contributed by atoms with Crippen LogP contribution in [0.25, 0.3) is 0 Å². The first-order chi connectivity index (χ1) is 11.4. The van der Waals surface area contributed by atoms with Gasteiger partial charge in [0.1, 0.15) is 12.4 Å². The van der Waals surface area contributed by atoms with Crippen molar-refractivity contribution in [1.29, 1.82) is 0 Å². The van der Waals surface area contributed by atoms with Crippen molar-refractivity contribution in [1.82, 2.24) is 0 Å². The van der Waals surface area contributed by atoms with Crippen molar-refractivity contribution >= 4 is 10.1 Å². The summed E-state index contributed by atoms with van der Waals surface area (Å²) in [7, 11) is -4.25. The minimum atomic E-state index is -4.25. The highest BCUT2D eigenvalue weighted by Crippen LogP contribution is 2.22. The van der Waals surface area contributed by atoms with Crippen molar-refractivity contribution in [3.63, 3.8) is 0 Å². The predicted molar refractivity (Wildman–Crippen MR) is 86.0 cm³/mol. The van der Waals surface area contributed by atoms with Crippen LogP contribution >= 0.6 is 0 Å². The highest BCUT2D eigenvalue weighted by Gasteiger charge is 2.12. The molecule has 9 heteroatoms. The fraction of sp³-hybridized carbons (Fsp3) is 0.600. The first-order valence-corrected chi connectivity index (χ1v) is 8.94. The molecule has 0 aliphatic rings. The number of ether oxygens (including phenoxy) is 4. The van der Waals surface area contributed by atoms with E-state index in [0.29, 0.717) is 45.4 Å². The summed E-state index contributed by atoms with van der Waals surface area (Å²) in [5.74, 6) is 0.381. The van der Waals surface area contributed by atoms with Crippen LogP contribution in [0.15, 0.2) is 23.1 Å². The number of aliphatic hydroxyl groups excluding tert-OH is 1. The Morgan fingerprint density at radius 3 is 2.00 bits per heavy atom. The van der Waals surface area contributed by atoms with Crippen LogP contribution in [0.2, 0.25) is 0 Å². The standard InChI is InChI=1S/C15H24O8S/c1-13-2-3-14(24(17,18)19)12-15(13)23-11-10-22-9-8-21-7-6-20-5-4-16/h2-3,12,16H,4-11H2,1H3,(H,17,18,19). The largest absolute Gasteiger partial charge is 0.491 e. The summed E-state index contributed by atoms with van der Waals surface area (Å²) < 4.78 is 52.3. The van der Waals surface area contributed by atoms with Gasteiger partial charge in [0, 0.05) is 6.07 Å². The Kier molecular flexibility index (Phi) is 9.84. The Bertz CT molecular complexity index is 573. The Hall–Kier alpha value is -1.23. The third kappa shape index (κ3) is 8.57. The molecule has 0 spiro atoms. The second-order valence-electron chi connectivity index (χ2n) is 4.81. The average molecular weight is 364 g/mol. The SMILES string of the molecule is Cc1ccc(S(=O)(=O)O)cc1OCCOCCOCCOCCO. The Labute approximate surface area is 142 Å². The van der Waals surface area contributed by atoms with Crippen molar-refractivity contribution in [2.75, 3.05) is 52.9 Å². The Balaban J connectivity index is 2.15. The van der Waals surface area contributed by atoms with Gasteiger partial charge in [-0.3, -0.25) is 4.55 Å². The van der Waals surface area contributed by atoms with Gasteiger partial charge in [-0.1, -0.05) is 6.07 Å². The van der Waals surface area contributed by atoms with Crippen molar-refractivity contribution < 1.29 is 37.0 Å². The van der Waals surface area contributed by atoms with Gasteiger partial charge in [-0.25, -0.2) is 0 Å². The molecular weight excluding hydrogens is 340 g/mol. The van der Waals surface area contributed by atoms with Gasteiger partial charge in [0.25, 0.3) is 10.1 Å². The molecule has 0 fully saturated rings. The summed E-state index contributed by atoms with van der Waals surface area (Å²) in [6.07, 6.45) is 0. The lowest BCUT2D eigenvalue weighted by molar-refractivity contribution is 0.00357. The Morgan fingerprint density at radius 2 is 1.46 bits per heavy atom. The Morgan fingerprint density at radius 1 is 0.917 bits per heavy atom. The van der Waals surface area contributed by atoms with Crippen LogP contribution in [0.4, 0.5) is 0 Å². The molecule has 0 atom stereocenters. The lowest BCUT2D eigenvalue weighted by atomic mass is 10.2. The smallest absolute Gasteiger partial charge is 0.294 e. The number of rotatable bonds is 13. The molecule has 0 aliphatic heterocycles. The van der Waals surface area contributed by atoms with Crippen LogP contribution in [0.5, 0.6) is 5.75 Å². The van der Waals surface area contributed by atoms with Crippen LogP contribution in [-0.4, -0.2) is 70.9 Å². The van der Waals surface area contributed by atoms with Gasteiger partial charge in [0.05, 0.1) is 51.1 Å². The molecule has 0 radical (unpaired) electrons. The molecule has 1 aromatic rings. The predicted octanol–water partition coefficient (Wildman–Crippen LogP) is 0.663. The number of hydrogen-bond donors (Lipinski definition) is 2. The van der Waals surface area contributed by atoms with E-state index in [1.54, 1.807) is 13.0 Å². The summed E-state index contributed by atoms with van der Waals surface area (Å²) in [6.45, 7) is 4.30. The molecule has 1 rings (SSSR count). The quantitative estimate of drug-likeness (QED) is 0.388. The van der Waals surface area contributed by atoms with Crippen molar-refractivity contribution in [2.45, 2.75) is 11.8 Å². The van der Waals surface area contributed by atoms with E-state index in [0.717, 1.165) is 5.56 Å². The monoisotopic (exact) mass is 364 g/mol. The molecule has 1 aromatic carbocycles. The van der Waals surface area contributed by atoms with Crippen LogP contribution < -0.4 is 4.74 Å². The minimum absolute atomic E-state index is 0.00424. The maximum atomic E-state index is 11.1. The highest BCUT2D eigenvalue weighted by atomic mass is 32.2. The molecule has 24 heavy (non-hydrogen) atoms. The van der Waals surface area contributed by atoms with Gasteiger partial charge >= 0.3 is 0 Å². The lowest BCUT2D eigenvalue weighted by Crippen LogP contribution is -2.13.